The summed E-state index contributed by atoms with van der Waals surface area (Å²) in [7, 11) is 3.17. The van der Waals surface area contributed by atoms with Gasteiger partial charge in [-0.1, -0.05) is 6.07 Å². The summed E-state index contributed by atoms with van der Waals surface area (Å²) in [5, 5.41) is 1.72. The Morgan fingerprint density at radius 2 is 1.97 bits per heavy atom. The highest BCUT2D eigenvalue weighted by atomic mass is 16.2. The number of fused-ring (bicyclic) bond motifs is 2. The molecule has 0 unspecified atom stereocenters. The zero-order valence-corrected chi connectivity index (χ0v) is 17.3. The van der Waals surface area contributed by atoms with E-state index in [-0.39, 0.29) is 11.2 Å². The van der Waals surface area contributed by atoms with Crippen LogP contribution in [0.25, 0.3) is 21.9 Å². The van der Waals surface area contributed by atoms with Crippen LogP contribution in [0, 0.1) is 0 Å². The molecule has 3 aromatic heterocycles. The average Bonchev–Trinajstić information content (AvgIpc) is 3.24. The summed E-state index contributed by atoms with van der Waals surface area (Å²) in [4.78, 5) is 35.2. The van der Waals surface area contributed by atoms with E-state index in [1.54, 1.807) is 7.05 Å². The molecule has 1 aliphatic rings. The molecule has 0 bridgehead atoms. The minimum atomic E-state index is -0.345. The van der Waals surface area contributed by atoms with Crippen molar-refractivity contribution in [1.82, 2.24) is 24.0 Å². The minimum absolute atomic E-state index is 0.290. The molecule has 1 fully saturated rings. The normalized spacial score (nSPS) is 17.7. The molecule has 0 amide bonds. The topological polar surface area (TPSA) is 75.9 Å². The molecule has 1 N–H and O–H groups in total. The first-order chi connectivity index (χ1) is 14.5. The molecular formula is C23H25N5O2. The molecule has 1 atom stereocenters. The Morgan fingerprint density at radius 3 is 2.83 bits per heavy atom. The molecule has 4 heterocycles. The first kappa shape index (κ1) is 18.8. The van der Waals surface area contributed by atoms with E-state index in [0.29, 0.717) is 17.0 Å². The second kappa shape index (κ2) is 7.25. The fourth-order valence-electron chi connectivity index (χ4n) is 4.60. The van der Waals surface area contributed by atoms with Gasteiger partial charge in [-0.15, -0.1) is 0 Å². The van der Waals surface area contributed by atoms with Crippen molar-refractivity contribution >= 4 is 21.9 Å². The van der Waals surface area contributed by atoms with Crippen molar-refractivity contribution in [3.05, 3.63) is 74.7 Å². The first-order valence-corrected chi connectivity index (χ1v) is 10.4. The monoisotopic (exact) mass is 403 g/mol. The van der Waals surface area contributed by atoms with Gasteiger partial charge in [-0.3, -0.25) is 18.8 Å². The fraction of sp³-hybridized carbons (Fsp3) is 0.348. The number of aryl methyl sites for hydroxylation is 1. The van der Waals surface area contributed by atoms with Crippen LogP contribution in [0.4, 0.5) is 0 Å². The number of aromatic nitrogens is 4. The van der Waals surface area contributed by atoms with E-state index in [1.165, 1.54) is 22.6 Å². The number of likely N-dealkylation sites (tertiary alicyclic amines) is 1. The smallest absolute Gasteiger partial charge is 0.332 e. The summed E-state index contributed by atoms with van der Waals surface area (Å²) < 4.78 is 2.60. The second-order valence-electron chi connectivity index (χ2n) is 8.29. The second-order valence-corrected chi connectivity index (χ2v) is 8.29. The highest BCUT2D eigenvalue weighted by Crippen LogP contribution is 2.28. The van der Waals surface area contributed by atoms with E-state index >= 15 is 0 Å². The number of aromatic amines is 1. The first-order valence-electron chi connectivity index (χ1n) is 10.4. The molecule has 4 aromatic rings. The number of nitrogens with zero attached hydrogens (tertiary/aromatic N) is 4. The molecule has 7 nitrogen and oxygen atoms in total. The van der Waals surface area contributed by atoms with Gasteiger partial charge in [0, 0.05) is 50.5 Å². The van der Waals surface area contributed by atoms with Crippen molar-refractivity contribution in [2.45, 2.75) is 25.3 Å². The number of H-pyrrole nitrogens is 1. The van der Waals surface area contributed by atoms with Gasteiger partial charge in [0.25, 0.3) is 5.56 Å². The van der Waals surface area contributed by atoms with E-state index in [9.17, 15) is 9.59 Å². The Hall–Kier alpha value is -3.19. The number of hydrogen-bond acceptors (Lipinski definition) is 4. The van der Waals surface area contributed by atoms with Crippen LogP contribution in [-0.4, -0.2) is 37.1 Å². The third-order valence-corrected chi connectivity index (χ3v) is 6.27. The summed E-state index contributed by atoms with van der Waals surface area (Å²) in [6.45, 7) is 2.89. The number of hydrogen-bond donors (Lipinski definition) is 1. The summed E-state index contributed by atoms with van der Waals surface area (Å²) in [6.07, 6.45) is 4.13. The Bertz CT molecular complexity index is 1360. The molecular weight excluding hydrogens is 378 g/mol. The van der Waals surface area contributed by atoms with Crippen LogP contribution in [0.5, 0.6) is 0 Å². The Kier molecular flexibility index (Phi) is 4.55. The van der Waals surface area contributed by atoms with Gasteiger partial charge in [0.05, 0.1) is 5.39 Å². The van der Waals surface area contributed by atoms with Crippen molar-refractivity contribution in [1.29, 1.82) is 0 Å². The predicted molar refractivity (Wildman–Crippen MR) is 118 cm³/mol. The van der Waals surface area contributed by atoms with Gasteiger partial charge in [-0.25, -0.2) is 9.78 Å². The van der Waals surface area contributed by atoms with Crippen molar-refractivity contribution in [2.75, 3.05) is 13.1 Å². The highest BCUT2D eigenvalue weighted by Gasteiger charge is 2.23. The van der Waals surface area contributed by atoms with Crippen LogP contribution in [-0.2, 0) is 20.6 Å². The lowest BCUT2D eigenvalue weighted by atomic mass is 9.93. The van der Waals surface area contributed by atoms with E-state index in [1.807, 2.05) is 18.3 Å². The molecule has 0 spiro atoms. The highest BCUT2D eigenvalue weighted by molar-refractivity contribution is 5.79. The summed E-state index contributed by atoms with van der Waals surface area (Å²) in [6, 6.07) is 12.4. The molecule has 1 aromatic carbocycles. The zero-order chi connectivity index (χ0) is 20.8. The molecule has 5 rings (SSSR count). The van der Waals surface area contributed by atoms with Gasteiger partial charge in [0.15, 0.2) is 0 Å². The van der Waals surface area contributed by atoms with Crippen LogP contribution >= 0.6 is 0 Å². The molecule has 30 heavy (non-hydrogen) atoms. The van der Waals surface area contributed by atoms with Crippen LogP contribution in [0.2, 0.25) is 0 Å². The zero-order valence-electron chi connectivity index (χ0n) is 17.3. The van der Waals surface area contributed by atoms with Crippen LogP contribution < -0.4 is 11.2 Å². The SMILES string of the molecule is Cn1c(=O)c2ccc([C@H]3CCCN(Cc4ccc5[nH]ccc5c4)C3)nc2n(C)c1=O. The minimum Gasteiger partial charge on any atom is -0.361 e. The number of nitrogens with one attached hydrogen (secondary N) is 1. The summed E-state index contributed by atoms with van der Waals surface area (Å²) >= 11 is 0. The van der Waals surface area contributed by atoms with Crippen molar-refractivity contribution in [3.8, 4) is 0 Å². The maximum absolute atomic E-state index is 12.4. The quantitative estimate of drug-likeness (QED) is 0.570. The predicted octanol–water partition coefficient (Wildman–Crippen LogP) is 2.49. The van der Waals surface area contributed by atoms with E-state index in [2.05, 4.69) is 34.1 Å². The lowest BCUT2D eigenvalue weighted by molar-refractivity contribution is 0.198. The standard InChI is InChI=1S/C23H25N5O2/c1-26-21-18(22(29)27(2)23(26)30)6-8-20(25-21)17-4-3-11-28(14-17)13-15-5-7-19-16(12-15)9-10-24-19/h5-10,12,17,24H,3-4,11,13-14H2,1-2H3/t17-/m0/s1. The Labute approximate surface area is 173 Å². The average molecular weight is 403 g/mol. The van der Waals surface area contributed by atoms with Crippen LogP contribution in [0.1, 0.15) is 30.0 Å². The molecule has 1 saturated heterocycles. The lowest BCUT2D eigenvalue weighted by Gasteiger charge is -2.32. The molecule has 1 aliphatic heterocycles. The Morgan fingerprint density at radius 1 is 1.10 bits per heavy atom. The van der Waals surface area contributed by atoms with Gasteiger partial charge in [0.2, 0.25) is 0 Å². The van der Waals surface area contributed by atoms with Crippen molar-refractivity contribution < 1.29 is 0 Å². The van der Waals surface area contributed by atoms with Crippen molar-refractivity contribution in [3.63, 3.8) is 0 Å². The third kappa shape index (κ3) is 3.15. The summed E-state index contributed by atoms with van der Waals surface area (Å²) in [5.74, 6) is 0.290. The number of rotatable bonds is 3. The van der Waals surface area contributed by atoms with Gasteiger partial charge < -0.3 is 4.98 Å². The number of piperidine rings is 1. The largest absolute Gasteiger partial charge is 0.361 e. The van der Waals surface area contributed by atoms with E-state index in [4.69, 9.17) is 4.98 Å². The third-order valence-electron chi connectivity index (χ3n) is 6.27. The van der Waals surface area contributed by atoms with Gasteiger partial charge in [0.1, 0.15) is 5.65 Å². The molecule has 0 saturated carbocycles. The van der Waals surface area contributed by atoms with Gasteiger partial charge in [-0.05, 0) is 60.7 Å². The van der Waals surface area contributed by atoms with E-state index in [0.717, 1.165) is 48.3 Å². The molecule has 0 radical (unpaired) electrons. The van der Waals surface area contributed by atoms with Crippen LogP contribution in [0.3, 0.4) is 0 Å². The number of benzene rings is 1. The lowest BCUT2D eigenvalue weighted by Crippen LogP contribution is -2.38. The maximum atomic E-state index is 12.4. The maximum Gasteiger partial charge on any atom is 0.332 e. The molecule has 0 aliphatic carbocycles. The molecule has 154 valence electrons. The van der Waals surface area contributed by atoms with Crippen molar-refractivity contribution in [2.24, 2.45) is 14.1 Å². The van der Waals surface area contributed by atoms with Gasteiger partial charge >= 0.3 is 5.69 Å². The summed E-state index contributed by atoms with van der Waals surface area (Å²) in [5.41, 5.74) is 3.25. The molecule has 7 heteroatoms. The van der Waals surface area contributed by atoms with E-state index < -0.39 is 0 Å². The van der Waals surface area contributed by atoms with Crippen LogP contribution in [0.15, 0.2) is 52.2 Å². The number of pyridine rings is 1. The van der Waals surface area contributed by atoms with Gasteiger partial charge in [-0.2, -0.15) is 0 Å². The fourth-order valence-corrected chi connectivity index (χ4v) is 4.60. The Balaban J connectivity index is 1.42.